The number of aliphatic carboxylic acids is 1. The maximum absolute atomic E-state index is 12.5. The zero-order valence-corrected chi connectivity index (χ0v) is 17.3. The smallest absolute Gasteiger partial charge is 0.358 e. The molecule has 0 saturated heterocycles. The van der Waals surface area contributed by atoms with Crippen LogP contribution in [0.15, 0.2) is 96.4 Å². The quantitative estimate of drug-likeness (QED) is 0.302. The van der Waals surface area contributed by atoms with Crippen LogP contribution >= 0.6 is 11.3 Å². The Morgan fingerprint density at radius 3 is 1.58 bits per heavy atom. The largest absolute Gasteiger partial charge is 0.478 e. The number of carboxylic acids is 1. The summed E-state index contributed by atoms with van der Waals surface area (Å²) in [6.45, 7) is 0. The van der Waals surface area contributed by atoms with Crippen LogP contribution in [-0.2, 0) is 20.9 Å². The van der Waals surface area contributed by atoms with Gasteiger partial charge >= 0.3 is 5.97 Å². The van der Waals surface area contributed by atoms with E-state index in [1.54, 1.807) is 0 Å². The standard InChI is InChI=1S/C24H21N3O3S/c25-22-27-20(16-31-22)24(26,21(28)29)30-23(17-10-4-1-5-11-17,18-12-6-2-7-13-18)19-14-8-3-9-15-19/h1-16H,26H2,(H2,25,27)(H,28,29). The summed E-state index contributed by atoms with van der Waals surface area (Å²) in [4.78, 5) is 16.6. The zero-order chi connectivity index (χ0) is 21.9. The number of nitrogens with zero attached hydrogens (tertiary/aromatic N) is 1. The molecule has 0 amide bonds. The molecule has 0 fully saturated rings. The topological polar surface area (TPSA) is 111 Å². The van der Waals surface area contributed by atoms with Crippen LogP contribution in [0, 0.1) is 0 Å². The molecule has 0 spiro atoms. The van der Waals surface area contributed by atoms with Gasteiger partial charge in [-0.1, -0.05) is 91.0 Å². The second kappa shape index (κ2) is 8.31. The molecule has 4 aromatic rings. The third kappa shape index (κ3) is 3.70. The van der Waals surface area contributed by atoms with Gasteiger partial charge in [0.25, 0.3) is 5.72 Å². The van der Waals surface area contributed by atoms with E-state index in [4.69, 9.17) is 16.2 Å². The fourth-order valence-corrected chi connectivity index (χ4v) is 4.21. The molecule has 1 unspecified atom stereocenters. The first-order chi connectivity index (χ1) is 15.0. The molecule has 7 heteroatoms. The van der Waals surface area contributed by atoms with Crippen molar-refractivity contribution in [2.75, 3.05) is 5.73 Å². The number of ether oxygens (including phenoxy) is 1. The van der Waals surface area contributed by atoms with Crippen molar-refractivity contribution in [1.29, 1.82) is 0 Å². The Hall–Kier alpha value is -3.52. The Labute approximate surface area is 183 Å². The Morgan fingerprint density at radius 2 is 1.26 bits per heavy atom. The van der Waals surface area contributed by atoms with Gasteiger partial charge < -0.3 is 15.6 Å². The van der Waals surface area contributed by atoms with Crippen molar-refractivity contribution >= 4 is 22.4 Å². The first-order valence-electron chi connectivity index (χ1n) is 9.57. The predicted molar refractivity (Wildman–Crippen MR) is 120 cm³/mol. The molecule has 31 heavy (non-hydrogen) atoms. The monoisotopic (exact) mass is 431 g/mol. The summed E-state index contributed by atoms with van der Waals surface area (Å²) in [6, 6.07) is 28.2. The van der Waals surface area contributed by atoms with Crippen LogP contribution in [0.3, 0.4) is 0 Å². The molecule has 1 heterocycles. The van der Waals surface area contributed by atoms with E-state index in [9.17, 15) is 9.90 Å². The highest BCUT2D eigenvalue weighted by molar-refractivity contribution is 7.13. The van der Waals surface area contributed by atoms with E-state index >= 15 is 0 Å². The highest BCUT2D eigenvalue weighted by atomic mass is 32.1. The van der Waals surface area contributed by atoms with Gasteiger partial charge in [-0.3, -0.25) is 5.73 Å². The van der Waals surface area contributed by atoms with Crippen molar-refractivity contribution in [3.05, 3.63) is 119 Å². The van der Waals surface area contributed by atoms with Crippen LogP contribution in [0.4, 0.5) is 5.13 Å². The number of carboxylic acid groups (broad SMARTS) is 1. The number of thiazole rings is 1. The molecule has 0 saturated carbocycles. The lowest BCUT2D eigenvalue weighted by molar-refractivity contribution is -0.184. The zero-order valence-electron chi connectivity index (χ0n) is 16.5. The molecular weight excluding hydrogens is 410 g/mol. The van der Waals surface area contributed by atoms with Gasteiger partial charge in [0.05, 0.1) is 0 Å². The minimum Gasteiger partial charge on any atom is -0.478 e. The Balaban J connectivity index is 2.03. The second-order valence-corrected chi connectivity index (χ2v) is 7.88. The van der Waals surface area contributed by atoms with Crippen LogP contribution in [0.2, 0.25) is 0 Å². The summed E-state index contributed by atoms with van der Waals surface area (Å²) < 4.78 is 6.51. The van der Waals surface area contributed by atoms with E-state index in [2.05, 4.69) is 4.98 Å². The van der Waals surface area contributed by atoms with Gasteiger partial charge in [0.1, 0.15) is 11.3 Å². The number of hydrogen-bond donors (Lipinski definition) is 3. The Kier molecular flexibility index (Phi) is 5.56. The van der Waals surface area contributed by atoms with Crippen molar-refractivity contribution < 1.29 is 14.6 Å². The number of rotatable bonds is 7. The number of nitrogens with two attached hydrogens (primary N) is 2. The molecular formula is C24H21N3O3S. The third-order valence-electron chi connectivity index (χ3n) is 5.08. The maximum Gasteiger partial charge on any atom is 0.358 e. The molecule has 5 N–H and O–H groups in total. The lowest BCUT2D eigenvalue weighted by Crippen LogP contribution is -2.53. The normalized spacial score (nSPS) is 13.5. The summed E-state index contributed by atoms with van der Waals surface area (Å²) in [7, 11) is 0. The van der Waals surface area contributed by atoms with Crippen molar-refractivity contribution in [3.63, 3.8) is 0 Å². The molecule has 1 atom stereocenters. The lowest BCUT2D eigenvalue weighted by Gasteiger charge is -2.41. The average Bonchev–Trinajstić information content (AvgIpc) is 3.26. The number of anilines is 1. The minimum atomic E-state index is -2.25. The number of aromatic nitrogens is 1. The van der Waals surface area contributed by atoms with E-state index < -0.39 is 17.3 Å². The van der Waals surface area contributed by atoms with Gasteiger partial charge in [-0.05, 0) is 16.7 Å². The fraction of sp³-hybridized carbons (Fsp3) is 0.0833. The van der Waals surface area contributed by atoms with Gasteiger partial charge in [-0.15, -0.1) is 11.3 Å². The van der Waals surface area contributed by atoms with E-state index in [0.717, 1.165) is 28.0 Å². The first kappa shape index (κ1) is 20.7. The van der Waals surface area contributed by atoms with E-state index in [1.807, 2.05) is 91.0 Å². The molecule has 156 valence electrons. The molecule has 6 nitrogen and oxygen atoms in total. The summed E-state index contributed by atoms with van der Waals surface area (Å²) >= 11 is 1.11. The second-order valence-electron chi connectivity index (χ2n) is 6.99. The van der Waals surface area contributed by atoms with E-state index in [-0.39, 0.29) is 10.8 Å². The molecule has 3 aromatic carbocycles. The van der Waals surface area contributed by atoms with Crippen molar-refractivity contribution in [2.45, 2.75) is 11.3 Å². The fourth-order valence-electron chi connectivity index (χ4n) is 3.60. The molecule has 0 aliphatic rings. The van der Waals surface area contributed by atoms with Crippen LogP contribution in [-0.4, -0.2) is 16.1 Å². The maximum atomic E-state index is 12.5. The number of benzene rings is 3. The van der Waals surface area contributed by atoms with E-state index in [0.29, 0.717) is 0 Å². The van der Waals surface area contributed by atoms with E-state index in [1.165, 1.54) is 5.38 Å². The highest BCUT2D eigenvalue weighted by Gasteiger charge is 2.50. The van der Waals surface area contributed by atoms with Crippen molar-refractivity contribution in [1.82, 2.24) is 4.98 Å². The van der Waals surface area contributed by atoms with Gasteiger partial charge in [0, 0.05) is 5.38 Å². The average molecular weight is 432 g/mol. The first-order valence-corrected chi connectivity index (χ1v) is 10.5. The minimum absolute atomic E-state index is 0.0367. The highest BCUT2D eigenvalue weighted by Crippen LogP contribution is 2.44. The molecule has 1 aromatic heterocycles. The summed E-state index contributed by atoms with van der Waals surface area (Å²) in [5.41, 5.74) is 10.9. The predicted octanol–water partition coefficient (Wildman–Crippen LogP) is 3.93. The molecule has 4 rings (SSSR count). The van der Waals surface area contributed by atoms with Gasteiger partial charge in [0.2, 0.25) is 0 Å². The van der Waals surface area contributed by atoms with Crippen LogP contribution in [0.5, 0.6) is 0 Å². The Bertz CT molecular complexity index is 1070. The number of carbonyl (C=O) groups is 1. The SMILES string of the molecule is Nc1nc(C(N)(OC(c2ccccc2)(c2ccccc2)c2ccccc2)C(=O)O)cs1. The molecule has 0 aliphatic carbocycles. The van der Waals surface area contributed by atoms with Gasteiger partial charge in [-0.25, -0.2) is 9.78 Å². The summed E-state index contributed by atoms with van der Waals surface area (Å²) in [5, 5.41) is 11.9. The molecule has 0 aliphatic heterocycles. The lowest BCUT2D eigenvalue weighted by atomic mass is 9.79. The van der Waals surface area contributed by atoms with Crippen molar-refractivity contribution in [2.24, 2.45) is 5.73 Å². The number of nitrogen functional groups attached to an aromatic ring is 1. The van der Waals surface area contributed by atoms with Gasteiger partial charge in [-0.2, -0.15) is 0 Å². The Morgan fingerprint density at radius 1 is 0.839 bits per heavy atom. The van der Waals surface area contributed by atoms with Crippen molar-refractivity contribution in [3.8, 4) is 0 Å². The summed E-state index contributed by atoms with van der Waals surface area (Å²) in [5.74, 6) is -1.37. The summed E-state index contributed by atoms with van der Waals surface area (Å²) in [6.07, 6.45) is 0. The van der Waals surface area contributed by atoms with Crippen LogP contribution < -0.4 is 11.5 Å². The number of hydrogen-bond acceptors (Lipinski definition) is 6. The van der Waals surface area contributed by atoms with Crippen LogP contribution in [0.1, 0.15) is 22.4 Å². The van der Waals surface area contributed by atoms with Gasteiger partial charge in [0.15, 0.2) is 5.13 Å². The third-order valence-corrected chi connectivity index (χ3v) is 5.75. The van der Waals surface area contributed by atoms with Crippen LogP contribution in [0.25, 0.3) is 0 Å². The molecule has 0 bridgehead atoms. The molecule has 0 radical (unpaired) electrons.